The lowest BCUT2D eigenvalue weighted by atomic mass is 10.2. The number of allylic oxidation sites excluding steroid dienone is 2. The molecule has 22 heavy (non-hydrogen) atoms. The number of rotatable bonds is 8. The minimum Gasteiger partial charge on any atom is -0.465 e. The van der Waals surface area contributed by atoms with Crippen molar-refractivity contribution >= 4 is 12.1 Å². The molecule has 1 N–H and O–H groups in total. The number of esters is 1. The Bertz CT molecular complexity index is 411. The Hall–Kier alpha value is -1.82. The molecule has 0 saturated heterocycles. The molecule has 126 valence electrons. The maximum absolute atomic E-state index is 12.1. The van der Waals surface area contributed by atoms with Gasteiger partial charge in [-0.2, -0.15) is 0 Å². The van der Waals surface area contributed by atoms with Gasteiger partial charge in [0, 0.05) is 6.54 Å². The van der Waals surface area contributed by atoms with Crippen LogP contribution in [0.25, 0.3) is 0 Å². The van der Waals surface area contributed by atoms with Gasteiger partial charge in [0.1, 0.15) is 12.1 Å². The van der Waals surface area contributed by atoms with Crippen molar-refractivity contribution in [2.45, 2.75) is 46.6 Å². The Morgan fingerprint density at radius 2 is 1.95 bits per heavy atom. The highest BCUT2D eigenvalue weighted by Gasteiger charge is 2.22. The van der Waals surface area contributed by atoms with Crippen LogP contribution in [0.15, 0.2) is 24.3 Å². The van der Waals surface area contributed by atoms with Gasteiger partial charge in [-0.25, -0.2) is 15.2 Å². The molecular weight excluding hydrogens is 284 g/mol. The molecule has 1 amide bonds. The lowest BCUT2D eigenvalue weighted by molar-refractivity contribution is -0.142. The summed E-state index contributed by atoms with van der Waals surface area (Å²) in [5.41, 5.74) is 3.22. The molecule has 0 rings (SSSR count). The third-order valence-electron chi connectivity index (χ3n) is 2.47. The Balaban J connectivity index is 4.68. The third kappa shape index (κ3) is 9.99. The van der Waals surface area contributed by atoms with E-state index in [-0.39, 0.29) is 6.54 Å². The Labute approximate surface area is 133 Å². The summed E-state index contributed by atoms with van der Waals surface area (Å²) in [6.07, 6.45) is 3.68. The van der Waals surface area contributed by atoms with E-state index in [4.69, 9.17) is 9.47 Å². The van der Waals surface area contributed by atoms with Crippen molar-refractivity contribution in [2.24, 2.45) is 0 Å². The van der Waals surface area contributed by atoms with Gasteiger partial charge in [0.25, 0.3) is 0 Å². The van der Waals surface area contributed by atoms with Gasteiger partial charge in [-0.1, -0.05) is 24.3 Å². The Morgan fingerprint density at radius 1 is 1.32 bits per heavy atom. The van der Waals surface area contributed by atoms with E-state index < -0.39 is 17.7 Å². The summed E-state index contributed by atoms with van der Waals surface area (Å²) >= 11 is 0. The summed E-state index contributed by atoms with van der Waals surface area (Å²) in [5, 5.41) is 1.29. The van der Waals surface area contributed by atoms with Gasteiger partial charge in [-0.3, -0.25) is 4.79 Å². The zero-order valence-corrected chi connectivity index (χ0v) is 14.3. The van der Waals surface area contributed by atoms with Crippen molar-refractivity contribution in [3.8, 4) is 0 Å². The predicted octanol–water partition coefficient (Wildman–Crippen LogP) is 2.81. The van der Waals surface area contributed by atoms with Crippen molar-refractivity contribution < 1.29 is 19.1 Å². The quantitative estimate of drug-likeness (QED) is 0.424. The van der Waals surface area contributed by atoms with Crippen LogP contribution in [0, 0.1) is 0 Å². The molecule has 0 aromatic rings. The van der Waals surface area contributed by atoms with E-state index in [1.54, 1.807) is 33.8 Å². The van der Waals surface area contributed by atoms with E-state index in [9.17, 15) is 9.59 Å². The fourth-order valence-corrected chi connectivity index (χ4v) is 1.50. The topological polar surface area (TPSA) is 67.9 Å². The highest BCUT2D eigenvalue weighted by molar-refractivity contribution is 5.73. The molecule has 0 aromatic heterocycles. The number of carbonyl (C=O) groups excluding carboxylic acids is 2. The van der Waals surface area contributed by atoms with Gasteiger partial charge in [0.05, 0.1) is 6.61 Å². The molecule has 0 unspecified atom stereocenters. The van der Waals surface area contributed by atoms with Crippen LogP contribution in [0.2, 0.25) is 0 Å². The number of hydrogen-bond acceptors (Lipinski definition) is 5. The summed E-state index contributed by atoms with van der Waals surface area (Å²) < 4.78 is 10.1. The number of nitrogens with zero attached hydrogens (tertiary/aromatic N) is 1. The van der Waals surface area contributed by atoms with Crippen LogP contribution >= 0.6 is 0 Å². The van der Waals surface area contributed by atoms with Crippen LogP contribution in [0.5, 0.6) is 0 Å². The first-order valence-electron chi connectivity index (χ1n) is 7.37. The van der Waals surface area contributed by atoms with E-state index in [2.05, 4.69) is 12.0 Å². The molecule has 0 heterocycles. The average molecular weight is 312 g/mol. The van der Waals surface area contributed by atoms with E-state index in [0.717, 1.165) is 5.57 Å². The fourth-order valence-electron chi connectivity index (χ4n) is 1.50. The van der Waals surface area contributed by atoms with Gasteiger partial charge in [-0.05, 0) is 41.0 Å². The maximum Gasteiger partial charge on any atom is 0.424 e. The average Bonchev–Trinajstić information content (AvgIpc) is 2.37. The molecule has 0 bridgehead atoms. The number of amides is 1. The number of hydrazine groups is 1. The summed E-state index contributed by atoms with van der Waals surface area (Å²) in [5.74, 6) is -0.422. The van der Waals surface area contributed by atoms with Crippen LogP contribution in [-0.2, 0) is 14.3 Å². The number of hydrogen-bond donors (Lipinski definition) is 1. The zero-order chi connectivity index (χ0) is 17.2. The number of carbonyl (C=O) groups is 2. The van der Waals surface area contributed by atoms with Crippen LogP contribution in [0.3, 0.4) is 0 Å². The molecule has 0 aliphatic carbocycles. The summed E-state index contributed by atoms with van der Waals surface area (Å²) in [4.78, 5) is 23.6. The second-order valence-corrected chi connectivity index (χ2v) is 5.77. The smallest absolute Gasteiger partial charge is 0.424 e. The van der Waals surface area contributed by atoms with Crippen molar-refractivity contribution in [3.63, 3.8) is 0 Å². The first kappa shape index (κ1) is 20.2. The largest absolute Gasteiger partial charge is 0.465 e. The second kappa shape index (κ2) is 10.00. The van der Waals surface area contributed by atoms with E-state index in [1.807, 2.05) is 13.0 Å². The maximum atomic E-state index is 12.1. The summed E-state index contributed by atoms with van der Waals surface area (Å²) in [7, 11) is 0. The lowest BCUT2D eigenvalue weighted by Gasteiger charge is -2.27. The molecule has 0 spiro atoms. The molecule has 0 aliphatic rings. The molecule has 0 saturated carbocycles. The highest BCUT2D eigenvalue weighted by atomic mass is 16.6. The van der Waals surface area contributed by atoms with Gasteiger partial charge in [0.2, 0.25) is 0 Å². The van der Waals surface area contributed by atoms with Crippen LogP contribution in [0.4, 0.5) is 4.79 Å². The SMILES string of the molecule is C=C/C=C(\C)CCN(NCC(=O)OCC)C(=O)OC(C)(C)C. The standard InChI is InChI=1S/C16H28N2O4/c1-7-9-13(3)10-11-18(15(20)22-16(4,5)6)17-12-14(19)21-8-2/h7,9,17H,1,8,10-12H2,2-6H3/b13-9+. The highest BCUT2D eigenvalue weighted by Crippen LogP contribution is 2.10. The van der Waals surface area contributed by atoms with Crippen LogP contribution in [-0.4, -0.2) is 42.4 Å². The van der Waals surface area contributed by atoms with Crippen molar-refractivity contribution in [1.29, 1.82) is 0 Å². The molecular formula is C16H28N2O4. The lowest BCUT2D eigenvalue weighted by Crippen LogP contribution is -2.48. The molecule has 0 atom stereocenters. The summed E-state index contributed by atoms with van der Waals surface area (Å²) in [6, 6.07) is 0. The molecule has 6 heteroatoms. The summed E-state index contributed by atoms with van der Waals surface area (Å²) in [6.45, 7) is 13.3. The van der Waals surface area contributed by atoms with Crippen LogP contribution in [0.1, 0.15) is 41.0 Å². The van der Waals surface area contributed by atoms with Crippen LogP contribution < -0.4 is 5.43 Å². The normalized spacial score (nSPS) is 11.8. The molecule has 0 radical (unpaired) electrons. The van der Waals surface area contributed by atoms with E-state index in [1.165, 1.54) is 5.01 Å². The molecule has 0 aromatic carbocycles. The van der Waals surface area contributed by atoms with E-state index >= 15 is 0 Å². The van der Waals surface area contributed by atoms with Crippen molar-refractivity contribution in [2.75, 3.05) is 19.7 Å². The molecule has 0 fully saturated rings. The fraction of sp³-hybridized carbons (Fsp3) is 0.625. The monoisotopic (exact) mass is 312 g/mol. The predicted molar refractivity (Wildman–Crippen MR) is 86.1 cm³/mol. The third-order valence-corrected chi connectivity index (χ3v) is 2.47. The van der Waals surface area contributed by atoms with Crippen molar-refractivity contribution in [3.05, 3.63) is 24.3 Å². The van der Waals surface area contributed by atoms with Gasteiger partial charge < -0.3 is 9.47 Å². The first-order valence-corrected chi connectivity index (χ1v) is 7.37. The zero-order valence-electron chi connectivity index (χ0n) is 14.3. The first-order chi connectivity index (χ1) is 10.2. The number of nitrogens with one attached hydrogen (secondary N) is 1. The molecule has 0 aliphatic heterocycles. The second-order valence-electron chi connectivity index (χ2n) is 5.77. The Kier molecular flexibility index (Phi) is 9.17. The molecule has 6 nitrogen and oxygen atoms in total. The van der Waals surface area contributed by atoms with E-state index in [0.29, 0.717) is 19.6 Å². The minimum atomic E-state index is -0.604. The van der Waals surface area contributed by atoms with Gasteiger partial charge in [-0.15, -0.1) is 0 Å². The van der Waals surface area contributed by atoms with Crippen molar-refractivity contribution in [1.82, 2.24) is 10.4 Å². The van der Waals surface area contributed by atoms with Gasteiger partial charge >= 0.3 is 12.1 Å². The van der Waals surface area contributed by atoms with Gasteiger partial charge in [0.15, 0.2) is 0 Å². The number of ether oxygens (including phenoxy) is 2. The Morgan fingerprint density at radius 3 is 2.45 bits per heavy atom. The minimum absolute atomic E-state index is 0.0860.